The second-order valence-electron chi connectivity index (χ2n) is 4.75. The van der Waals surface area contributed by atoms with Crippen molar-refractivity contribution < 1.29 is 14.2 Å². The van der Waals surface area contributed by atoms with Crippen molar-refractivity contribution in [3.05, 3.63) is 36.7 Å². The maximum Gasteiger partial charge on any atom is 0.225 e. The smallest absolute Gasteiger partial charge is 0.225 e. The number of aromatic nitrogens is 2. The third-order valence-electron chi connectivity index (χ3n) is 3.33. The summed E-state index contributed by atoms with van der Waals surface area (Å²) in [6.45, 7) is 1.53. The molecule has 3 rings (SSSR count). The normalized spacial score (nSPS) is 14.5. The highest BCUT2D eigenvalue weighted by Crippen LogP contribution is 2.24. The number of methoxy groups -OCH3 is 2. The van der Waals surface area contributed by atoms with Gasteiger partial charge >= 0.3 is 0 Å². The molecule has 0 atom stereocenters. The maximum absolute atomic E-state index is 5.89. The van der Waals surface area contributed by atoms with E-state index in [9.17, 15) is 0 Å². The predicted molar refractivity (Wildman–Crippen MR) is 78.2 cm³/mol. The molecule has 0 saturated carbocycles. The minimum atomic E-state index is 0.141. The summed E-state index contributed by atoms with van der Waals surface area (Å²) in [7, 11) is 3.24. The summed E-state index contributed by atoms with van der Waals surface area (Å²) in [6.07, 6.45) is 3.47. The van der Waals surface area contributed by atoms with Crippen LogP contribution in [0.2, 0.25) is 0 Å². The number of rotatable bonds is 5. The van der Waals surface area contributed by atoms with Crippen molar-refractivity contribution in [1.29, 1.82) is 0 Å². The molecule has 0 spiro atoms. The van der Waals surface area contributed by atoms with Gasteiger partial charge in [0.05, 0.1) is 39.7 Å². The van der Waals surface area contributed by atoms with Gasteiger partial charge in [0, 0.05) is 6.07 Å². The molecule has 0 N–H and O–H groups in total. The van der Waals surface area contributed by atoms with Crippen LogP contribution in [-0.4, -0.2) is 43.4 Å². The van der Waals surface area contributed by atoms with E-state index in [4.69, 9.17) is 14.2 Å². The van der Waals surface area contributed by atoms with Crippen molar-refractivity contribution in [3.8, 4) is 17.2 Å². The van der Waals surface area contributed by atoms with Crippen LogP contribution in [0, 0.1) is 0 Å². The highest BCUT2D eigenvalue weighted by Gasteiger charge is 2.30. The first-order valence-electron chi connectivity index (χ1n) is 6.70. The number of benzene rings is 1. The lowest BCUT2D eigenvalue weighted by Gasteiger charge is -2.38. The largest absolute Gasteiger partial charge is 0.497 e. The fraction of sp³-hybridized carbons (Fsp3) is 0.333. The van der Waals surface area contributed by atoms with Crippen LogP contribution in [0.4, 0.5) is 5.95 Å². The van der Waals surface area contributed by atoms with E-state index in [2.05, 4.69) is 14.9 Å². The van der Waals surface area contributed by atoms with Crippen molar-refractivity contribution in [2.45, 2.75) is 6.10 Å². The number of anilines is 1. The first kappa shape index (κ1) is 13.5. The molecule has 6 heteroatoms. The maximum atomic E-state index is 5.89. The molecule has 0 bridgehead atoms. The van der Waals surface area contributed by atoms with Crippen molar-refractivity contribution in [2.75, 3.05) is 32.2 Å². The monoisotopic (exact) mass is 287 g/mol. The Labute approximate surface area is 123 Å². The highest BCUT2D eigenvalue weighted by atomic mass is 16.5. The lowest BCUT2D eigenvalue weighted by Crippen LogP contribution is -2.54. The van der Waals surface area contributed by atoms with E-state index in [1.165, 1.54) is 0 Å². The van der Waals surface area contributed by atoms with Gasteiger partial charge in [-0.15, -0.1) is 0 Å². The topological polar surface area (TPSA) is 56.7 Å². The average molecular weight is 287 g/mol. The van der Waals surface area contributed by atoms with E-state index >= 15 is 0 Å². The first-order valence-corrected chi connectivity index (χ1v) is 6.70. The molecule has 6 nitrogen and oxygen atoms in total. The second-order valence-corrected chi connectivity index (χ2v) is 4.75. The molecule has 1 aliphatic rings. The Morgan fingerprint density at radius 3 is 2.33 bits per heavy atom. The Morgan fingerprint density at radius 1 is 1.00 bits per heavy atom. The van der Waals surface area contributed by atoms with Crippen molar-refractivity contribution in [3.63, 3.8) is 0 Å². The number of hydrogen-bond donors (Lipinski definition) is 0. The molecular formula is C15H17N3O3. The van der Waals surface area contributed by atoms with E-state index < -0.39 is 0 Å². The zero-order valence-electron chi connectivity index (χ0n) is 12.0. The Morgan fingerprint density at radius 2 is 1.67 bits per heavy atom. The number of ether oxygens (including phenoxy) is 3. The Kier molecular flexibility index (Phi) is 3.77. The molecule has 0 aliphatic carbocycles. The van der Waals surface area contributed by atoms with Crippen molar-refractivity contribution in [1.82, 2.24) is 9.97 Å². The fourth-order valence-electron chi connectivity index (χ4n) is 2.12. The van der Waals surface area contributed by atoms with Crippen LogP contribution in [0.3, 0.4) is 0 Å². The predicted octanol–water partition coefficient (Wildman–Crippen LogP) is 1.76. The molecule has 2 heterocycles. The zero-order valence-corrected chi connectivity index (χ0v) is 12.0. The van der Waals surface area contributed by atoms with Gasteiger partial charge in [-0.3, -0.25) is 0 Å². The molecule has 1 aromatic carbocycles. The average Bonchev–Trinajstić information content (AvgIpc) is 2.51. The van der Waals surface area contributed by atoms with Gasteiger partial charge in [-0.05, 0) is 12.1 Å². The minimum absolute atomic E-state index is 0.141. The quantitative estimate of drug-likeness (QED) is 0.835. The van der Waals surface area contributed by atoms with Crippen LogP contribution in [0.15, 0.2) is 36.7 Å². The summed E-state index contributed by atoms with van der Waals surface area (Å²) in [4.78, 5) is 10.6. The molecule has 21 heavy (non-hydrogen) atoms. The van der Waals surface area contributed by atoms with Crippen LogP contribution < -0.4 is 19.1 Å². The van der Waals surface area contributed by atoms with E-state index in [1.807, 2.05) is 24.3 Å². The zero-order chi connectivity index (χ0) is 14.7. The summed E-state index contributed by atoms with van der Waals surface area (Å²) in [5, 5.41) is 0. The summed E-state index contributed by atoms with van der Waals surface area (Å²) >= 11 is 0. The van der Waals surface area contributed by atoms with E-state index in [0.717, 1.165) is 24.6 Å². The van der Waals surface area contributed by atoms with Gasteiger partial charge in [0.1, 0.15) is 17.6 Å². The molecule has 0 radical (unpaired) electrons. The number of nitrogens with zero attached hydrogens (tertiary/aromatic N) is 3. The molecule has 110 valence electrons. The fourth-order valence-corrected chi connectivity index (χ4v) is 2.12. The lowest BCUT2D eigenvalue weighted by molar-refractivity contribution is 0.165. The Bertz CT molecular complexity index is 597. The number of hydrogen-bond acceptors (Lipinski definition) is 6. The first-order chi connectivity index (χ1) is 10.3. The summed E-state index contributed by atoms with van der Waals surface area (Å²) < 4.78 is 16.1. The highest BCUT2D eigenvalue weighted by molar-refractivity contribution is 5.37. The second kappa shape index (κ2) is 5.87. The Hall–Kier alpha value is -2.50. The summed E-state index contributed by atoms with van der Waals surface area (Å²) in [6, 6.07) is 7.62. The van der Waals surface area contributed by atoms with Crippen LogP contribution in [0.25, 0.3) is 0 Å². The van der Waals surface area contributed by atoms with Crippen molar-refractivity contribution in [2.24, 2.45) is 0 Å². The SMILES string of the molecule is COc1cnc(N2CC(Oc3cccc(OC)c3)C2)nc1. The minimum Gasteiger partial charge on any atom is -0.497 e. The Balaban J connectivity index is 1.55. The third kappa shape index (κ3) is 2.99. The summed E-state index contributed by atoms with van der Waals surface area (Å²) in [5.41, 5.74) is 0. The van der Waals surface area contributed by atoms with Gasteiger partial charge in [-0.1, -0.05) is 6.07 Å². The molecule has 1 aromatic heterocycles. The summed E-state index contributed by atoms with van der Waals surface area (Å²) in [5.74, 6) is 2.96. The van der Waals surface area contributed by atoms with E-state index in [1.54, 1.807) is 26.6 Å². The molecule has 1 fully saturated rings. The molecule has 1 aliphatic heterocycles. The van der Waals surface area contributed by atoms with Crippen molar-refractivity contribution >= 4 is 5.95 Å². The van der Waals surface area contributed by atoms with Crippen LogP contribution in [-0.2, 0) is 0 Å². The molecule has 2 aromatic rings. The van der Waals surface area contributed by atoms with Gasteiger partial charge in [0.15, 0.2) is 5.75 Å². The molecule has 1 saturated heterocycles. The lowest BCUT2D eigenvalue weighted by atomic mass is 10.2. The van der Waals surface area contributed by atoms with Crippen LogP contribution >= 0.6 is 0 Å². The van der Waals surface area contributed by atoms with Crippen LogP contribution in [0.1, 0.15) is 0 Å². The van der Waals surface area contributed by atoms with Gasteiger partial charge in [-0.25, -0.2) is 9.97 Å². The standard InChI is InChI=1S/C15H17N3O3/c1-19-11-4-3-5-12(6-11)21-14-9-18(10-14)15-16-7-13(20-2)8-17-15/h3-8,14H,9-10H2,1-2H3. The van der Waals surface area contributed by atoms with Crippen LogP contribution in [0.5, 0.6) is 17.2 Å². The molecular weight excluding hydrogens is 270 g/mol. The van der Waals surface area contributed by atoms with Gasteiger partial charge in [0.2, 0.25) is 5.95 Å². The molecule has 0 amide bonds. The third-order valence-corrected chi connectivity index (χ3v) is 3.33. The molecule has 0 unspecified atom stereocenters. The van der Waals surface area contributed by atoms with Gasteiger partial charge < -0.3 is 19.1 Å². The van der Waals surface area contributed by atoms with E-state index in [-0.39, 0.29) is 6.10 Å². The van der Waals surface area contributed by atoms with Gasteiger partial charge in [-0.2, -0.15) is 0 Å². The van der Waals surface area contributed by atoms with E-state index in [0.29, 0.717) is 11.7 Å². The van der Waals surface area contributed by atoms with Gasteiger partial charge in [0.25, 0.3) is 0 Å².